The summed E-state index contributed by atoms with van der Waals surface area (Å²) in [5.41, 5.74) is 0.376. The van der Waals surface area contributed by atoms with Crippen molar-refractivity contribution in [3.63, 3.8) is 0 Å². The maximum absolute atomic E-state index is 14.9. The van der Waals surface area contributed by atoms with Gasteiger partial charge in [-0.25, -0.2) is 14.6 Å². The first-order valence-electron chi connectivity index (χ1n) is 19.9. The second-order valence-corrected chi connectivity index (χ2v) is 17.2. The molecular formula is C43H52ClN5O8. The predicted molar refractivity (Wildman–Crippen MR) is 214 cm³/mol. The van der Waals surface area contributed by atoms with Crippen LogP contribution in [-0.4, -0.2) is 99.8 Å². The number of halogens is 1. The van der Waals surface area contributed by atoms with Crippen LogP contribution in [0.15, 0.2) is 48.6 Å². The number of rotatable bonds is 6. The van der Waals surface area contributed by atoms with Crippen LogP contribution in [0.25, 0.3) is 22.3 Å². The van der Waals surface area contributed by atoms with E-state index in [0.717, 1.165) is 25.0 Å². The van der Waals surface area contributed by atoms with E-state index in [4.69, 9.17) is 40.5 Å². The zero-order chi connectivity index (χ0) is 40.8. The highest BCUT2D eigenvalue weighted by Gasteiger charge is 2.63. The molecule has 7 rings (SSSR count). The van der Waals surface area contributed by atoms with E-state index in [-0.39, 0.29) is 35.7 Å². The smallest absolute Gasteiger partial charge is 0.411 e. The Morgan fingerprint density at radius 3 is 2.51 bits per heavy atom. The topological polar surface area (TPSA) is 149 Å². The van der Waals surface area contributed by atoms with Crippen molar-refractivity contribution in [2.75, 3.05) is 20.8 Å². The average Bonchev–Trinajstić information content (AvgIpc) is 3.75. The fourth-order valence-electron chi connectivity index (χ4n) is 8.37. The number of pyridine rings is 2. The van der Waals surface area contributed by atoms with Crippen LogP contribution in [0.3, 0.4) is 0 Å². The van der Waals surface area contributed by atoms with E-state index in [1.807, 2.05) is 30.4 Å². The summed E-state index contributed by atoms with van der Waals surface area (Å²) >= 11 is 6.90. The molecule has 3 amide bonds. The summed E-state index contributed by atoms with van der Waals surface area (Å²) in [6.07, 6.45) is 6.69. The molecule has 14 heteroatoms. The minimum absolute atomic E-state index is 0.0640. The van der Waals surface area contributed by atoms with Crippen LogP contribution in [-0.2, 0) is 23.9 Å². The fraction of sp³-hybridized carbons (Fsp3) is 0.535. The number of amides is 3. The molecule has 3 aromatic rings. The second kappa shape index (κ2) is 15.8. The van der Waals surface area contributed by atoms with Gasteiger partial charge in [-0.05, 0) is 76.6 Å². The van der Waals surface area contributed by atoms with E-state index < -0.39 is 53.3 Å². The lowest BCUT2D eigenvalue weighted by molar-refractivity contribution is -0.153. The first-order chi connectivity index (χ1) is 27.2. The maximum Gasteiger partial charge on any atom is 0.411 e. The predicted octanol–water partition coefficient (Wildman–Crippen LogP) is 6.99. The number of esters is 1. The zero-order valence-electron chi connectivity index (χ0n) is 33.7. The quantitative estimate of drug-likeness (QED) is 0.204. The molecule has 2 bridgehead atoms. The van der Waals surface area contributed by atoms with Crippen LogP contribution in [0.4, 0.5) is 4.79 Å². The highest BCUT2D eigenvalue weighted by Crippen LogP contribution is 2.47. The van der Waals surface area contributed by atoms with Crippen molar-refractivity contribution < 1.29 is 38.1 Å². The summed E-state index contributed by atoms with van der Waals surface area (Å²) in [6, 6.07) is 8.47. The van der Waals surface area contributed by atoms with Crippen LogP contribution in [0.5, 0.6) is 11.5 Å². The molecule has 57 heavy (non-hydrogen) atoms. The van der Waals surface area contributed by atoms with E-state index in [0.29, 0.717) is 53.1 Å². The van der Waals surface area contributed by atoms with Gasteiger partial charge in [-0.3, -0.25) is 19.5 Å². The van der Waals surface area contributed by atoms with Gasteiger partial charge in [0.05, 0.1) is 37.2 Å². The Labute approximate surface area is 338 Å². The lowest BCUT2D eigenvalue weighted by Crippen LogP contribution is -2.66. The second-order valence-electron chi connectivity index (χ2n) is 16.8. The fourth-order valence-corrected chi connectivity index (χ4v) is 8.65. The number of ether oxygens (including phenoxy) is 4. The lowest BCUT2D eigenvalue weighted by Gasteiger charge is -2.45. The number of carbonyl (C=O) groups is 4. The van der Waals surface area contributed by atoms with Gasteiger partial charge in [-0.15, -0.1) is 0 Å². The van der Waals surface area contributed by atoms with Gasteiger partial charge < -0.3 is 29.2 Å². The van der Waals surface area contributed by atoms with Crippen LogP contribution < -0.4 is 14.8 Å². The number of hydrogen-bond donors (Lipinski definition) is 1. The Morgan fingerprint density at radius 1 is 1.00 bits per heavy atom. The standard InChI is InChI=1S/C43H52ClN5O8/c1-24(2)27-15-13-16-28(45-27)29-20-34(26-18-19-33(54-6)36(44)37(26)46-29)56-35-21-31-38(50)47-43(40(52)55-7)22-25(43)14-11-9-8-10-12-17-30-39(51)49(31)32(35)23-48(30)41(53)57-42(3,4)5/h11,13-16,18-20,24-25,30-32,35H,8-10,12,17,21-23H2,1-7H3,(H,47,50)/b14-11-/t25-,30-,31+,32-,35-,43-/m1/s1. The molecule has 5 heterocycles. The molecule has 6 atom stereocenters. The summed E-state index contributed by atoms with van der Waals surface area (Å²) in [5, 5.41) is 3.88. The molecule has 1 aromatic carbocycles. The Kier molecular flexibility index (Phi) is 11.2. The van der Waals surface area contributed by atoms with Crippen LogP contribution in [0.2, 0.25) is 5.02 Å². The van der Waals surface area contributed by atoms with Crippen LogP contribution in [0.1, 0.15) is 91.2 Å². The molecular weight excluding hydrogens is 750 g/mol. The van der Waals surface area contributed by atoms with Crippen molar-refractivity contribution in [3.05, 3.63) is 59.3 Å². The third-order valence-electron chi connectivity index (χ3n) is 11.4. The van der Waals surface area contributed by atoms with E-state index in [2.05, 4.69) is 19.2 Å². The Hall–Kier alpha value is -4.91. The van der Waals surface area contributed by atoms with Gasteiger partial charge in [0.1, 0.15) is 45.8 Å². The molecule has 3 fully saturated rings. The molecule has 3 aliphatic heterocycles. The number of carbonyl (C=O) groups excluding carboxylic acids is 4. The normalized spacial score (nSPS) is 26.9. The Balaban J connectivity index is 1.33. The van der Waals surface area contributed by atoms with Crippen molar-refractivity contribution in [2.24, 2.45) is 5.92 Å². The molecule has 1 N–H and O–H groups in total. The summed E-state index contributed by atoms with van der Waals surface area (Å²) in [7, 11) is 2.83. The van der Waals surface area contributed by atoms with Crippen molar-refractivity contribution in [1.82, 2.24) is 25.1 Å². The molecule has 1 aliphatic carbocycles. The van der Waals surface area contributed by atoms with Crippen molar-refractivity contribution in [3.8, 4) is 22.9 Å². The minimum Gasteiger partial charge on any atom is -0.495 e. The molecule has 1 saturated carbocycles. The maximum atomic E-state index is 14.9. The molecule has 0 radical (unpaired) electrons. The molecule has 0 unspecified atom stereocenters. The van der Waals surface area contributed by atoms with Gasteiger partial charge in [0.15, 0.2) is 0 Å². The zero-order valence-corrected chi connectivity index (χ0v) is 34.4. The van der Waals surface area contributed by atoms with Gasteiger partial charge in [-0.1, -0.05) is 56.5 Å². The number of piperazine rings is 1. The molecule has 13 nitrogen and oxygen atoms in total. The molecule has 0 spiro atoms. The van der Waals surface area contributed by atoms with Gasteiger partial charge in [0.25, 0.3) is 0 Å². The third kappa shape index (κ3) is 7.87. The summed E-state index contributed by atoms with van der Waals surface area (Å²) in [5.74, 6) is -0.614. The SMILES string of the molecule is COC(=O)[C@@]12C[C@H]1/C=C\CCCCC[C@@H]1C(=O)N3[C@H](CN1C(=O)OC(C)(C)C)[C@H](Oc1cc(-c4cccc(C(C)C)n4)nc4c(Cl)c(OC)ccc14)C[C@H]3C(=O)N2. The highest BCUT2D eigenvalue weighted by atomic mass is 35.5. The summed E-state index contributed by atoms with van der Waals surface area (Å²) in [6.45, 7) is 9.55. The number of nitrogens with one attached hydrogen (secondary N) is 1. The lowest BCUT2D eigenvalue weighted by atomic mass is 9.99. The number of fused-ring (bicyclic) bond motifs is 3. The van der Waals surface area contributed by atoms with Gasteiger partial charge >= 0.3 is 12.1 Å². The molecule has 304 valence electrons. The van der Waals surface area contributed by atoms with E-state index in [9.17, 15) is 19.2 Å². The molecule has 2 aromatic heterocycles. The number of aromatic nitrogens is 2. The van der Waals surface area contributed by atoms with Crippen LogP contribution in [0, 0.1) is 5.92 Å². The van der Waals surface area contributed by atoms with Gasteiger partial charge in [-0.2, -0.15) is 0 Å². The summed E-state index contributed by atoms with van der Waals surface area (Å²) < 4.78 is 23.6. The molecule has 4 aliphatic rings. The van der Waals surface area contributed by atoms with E-state index in [1.165, 1.54) is 19.1 Å². The Bertz CT molecular complexity index is 2100. The third-order valence-corrected chi connectivity index (χ3v) is 11.8. The monoisotopic (exact) mass is 801 g/mol. The average molecular weight is 802 g/mol. The van der Waals surface area contributed by atoms with Crippen molar-refractivity contribution in [2.45, 2.75) is 121 Å². The minimum atomic E-state index is -1.23. The van der Waals surface area contributed by atoms with Gasteiger partial charge in [0, 0.05) is 36.0 Å². The number of methoxy groups -OCH3 is 2. The number of benzene rings is 1. The number of allylic oxidation sites excluding steroid dienone is 1. The largest absolute Gasteiger partial charge is 0.495 e. The van der Waals surface area contributed by atoms with Crippen LogP contribution >= 0.6 is 11.6 Å². The number of nitrogens with zero attached hydrogens (tertiary/aromatic N) is 4. The van der Waals surface area contributed by atoms with Crippen molar-refractivity contribution >= 4 is 46.4 Å². The summed E-state index contributed by atoms with van der Waals surface area (Å²) in [4.78, 5) is 69.5. The van der Waals surface area contributed by atoms with E-state index >= 15 is 0 Å². The first kappa shape index (κ1) is 40.3. The molecule has 2 saturated heterocycles. The highest BCUT2D eigenvalue weighted by molar-refractivity contribution is 6.36. The first-order valence-corrected chi connectivity index (χ1v) is 20.2. The van der Waals surface area contributed by atoms with Crippen molar-refractivity contribution in [1.29, 1.82) is 0 Å². The van der Waals surface area contributed by atoms with Gasteiger partial charge in [0.2, 0.25) is 11.8 Å². The number of hydrogen-bond acceptors (Lipinski definition) is 10. The Morgan fingerprint density at radius 2 is 1.79 bits per heavy atom. The van der Waals surface area contributed by atoms with E-state index in [1.54, 1.807) is 43.9 Å².